The number of halogens is 20. The second-order valence-electron chi connectivity index (χ2n) is 12.2. The van der Waals surface area contributed by atoms with Gasteiger partial charge < -0.3 is 0 Å². The van der Waals surface area contributed by atoms with E-state index in [1.54, 1.807) is 36.8 Å². The Morgan fingerprint density at radius 3 is 0.759 bits per heavy atom. The van der Waals surface area contributed by atoms with Gasteiger partial charge in [0.25, 0.3) is 0 Å². The predicted octanol–water partition coefficient (Wildman–Crippen LogP) is 7.47. The summed E-state index contributed by atoms with van der Waals surface area (Å²) >= 11 is 0. The minimum absolute atomic E-state index is 0.0457. The fourth-order valence-electron chi connectivity index (χ4n) is 5.90. The van der Waals surface area contributed by atoms with Crippen molar-refractivity contribution < 1.29 is 96.8 Å². The molecule has 0 aliphatic heterocycles. The van der Waals surface area contributed by atoms with E-state index in [-0.39, 0.29) is 11.5 Å². The molecule has 5 rings (SSSR count). The minimum Gasteiger partial charge on any atom is -0.289 e. The average Bonchev–Trinajstić information content (AvgIpc) is 3.17. The Labute approximate surface area is 311 Å². The molecule has 0 amide bonds. The first-order valence-corrected chi connectivity index (χ1v) is 17.5. The van der Waals surface area contributed by atoms with Crippen LogP contribution >= 0.6 is 0 Å². The van der Waals surface area contributed by atoms with Crippen LogP contribution in [0.1, 0.15) is 10.4 Å². The summed E-state index contributed by atoms with van der Waals surface area (Å²) in [4.78, 5) is 11.5. The monoisotopic (exact) mass is 876 g/mol. The van der Waals surface area contributed by atoms with E-state index in [0.29, 0.717) is 5.56 Å². The zero-order valence-corrected chi connectivity index (χ0v) is 28.8. The first-order chi connectivity index (χ1) is 26.7. The Kier molecular flexibility index (Phi) is 12.6. The maximum absolute atomic E-state index is 15.4. The molecule has 5 aromatic carbocycles. The van der Waals surface area contributed by atoms with Gasteiger partial charge in [-0.1, -0.05) is 30.3 Å². The Hall–Kier alpha value is -5.42. The van der Waals surface area contributed by atoms with Crippen molar-refractivity contribution in [2.45, 2.75) is 0 Å². The fourth-order valence-corrected chi connectivity index (χ4v) is 6.70. The molecule has 0 saturated heterocycles. The van der Waals surface area contributed by atoms with Crippen LogP contribution in [0.15, 0.2) is 30.3 Å². The summed E-state index contributed by atoms with van der Waals surface area (Å²) < 4.78 is 305. The second-order valence-corrected chi connectivity index (χ2v) is 15.3. The van der Waals surface area contributed by atoms with Crippen molar-refractivity contribution in [3.8, 4) is 0 Å². The maximum Gasteiger partial charge on any atom is 0.211 e. The molecule has 0 radical (unpaired) electrons. The average molecular weight is 876 g/mol. The molecule has 0 heterocycles. The normalized spacial score (nSPS) is 11.8. The molecule has 0 fully saturated rings. The molecule has 0 aliphatic carbocycles. The summed E-state index contributed by atoms with van der Waals surface area (Å²) in [5.41, 5.74) is -13.7. The van der Waals surface area contributed by atoms with E-state index in [1.807, 2.05) is 6.07 Å². The number of carbonyl (C=O) groups excluding carboxylic acids is 1. The van der Waals surface area contributed by atoms with Gasteiger partial charge in [-0.25, -0.2) is 87.8 Å². The predicted molar refractivity (Wildman–Crippen MR) is 165 cm³/mol. The van der Waals surface area contributed by atoms with Gasteiger partial charge in [0.1, 0.15) is 65.2 Å². The van der Waals surface area contributed by atoms with Gasteiger partial charge >= 0.3 is 0 Å². The lowest BCUT2D eigenvalue weighted by Crippen LogP contribution is -2.81. The van der Waals surface area contributed by atoms with Crippen LogP contribution < -0.4 is 21.9 Å². The minimum atomic E-state index is -7.22. The Bertz CT molecular complexity index is 2180. The van der Waals surface area contributed by atoms with Crippen molar-refractivity contribution in [2.75, 3.05) is 18.3 Å². The van der Waals surface area contributed by atoms with E-state index in [0.717, 1.165) is 0 Å². The van der Waals surface area contributed by atoms with Crippen molar-refractivity contribution in [3.63, 3.8) is 0 Å². The van der Waals surface area contributed by atoms with Gasteiger partial charge in [0.2, 0.25) is 5.78 Å². The number of ketones is 1. The molecule has 0 aliphatic rings. The summed E-state index contributed by atoms with van der Waals surface area (Å²) in [5, 5.41) is 0. The van der Waals surface area contributed by atoms with Gasteiger partial charge in [-0.05, 0) is 0 Å². The van der Waals surface area contributed by atoms with E-state index in [1.165, 1.54) is 0 Å². The maximum atomic E-state index is 15.4. The SMILES string of the molecule is C[S+](C)(=O)CC(=O)c1ccccc1.Fc1c(F)c(F)c([B-](c2c(F)c(F)c(F)c(F)c2F)(c2c(F)c(F)c(F)c(F)c2F)c2c(F)c(F)c(F)c(F)c2F)c(F)c1F. The molecule has 310 valence electrons. The van der Waals surface area contributed by atoms with Crippen LogP contribution in [-0.2, 0) is 14.1 Å². The topological polar surface area (TPSA) is 34.1 Å². The molecule has 24 heteroatoms. The smallest absolute Gasteiger partial charge is 0.211 e. The third-order valence-corrected chi connectivity index (χ3v) is 9.24. The van der Waals surface area contributed by atoms with Crippen molar-refractivity contribution in [2.24, 2.45) is 0 Å². The molecule has 0 unspecified atom stereocenters. The zero-order chi connectivity index (χ0) is 44.3. The third kappa shape index (κ3) is 7.18. The molecule has 0 saturated carbocycles. The Morgan fingerprint density at radius 2 is 0.569 bits per heavy atom. The second kappa shape index (κ2) is 16.1. The highest BCUT2D eigenvalue weighted by Crippen LogP contribution is 2.30. The molecular formula is C34H13BF20O2S. The first-order valence-electron chi connectivity index (χ1n) is 14.9. The number of rotatable bonds is 7. The van der Waals surface area contributed by atoms with Gasteiger partial charge in [-0.15, -0.1) is 26.1 Å². The van der Waals surface area contributed by atoms with Crippen LogP contribution in [0.2, 0.25) is 0 Å². The quantitative estimate of drug-likeness (QED) is 0.0425. The van der Waals surface area contributed by atoms with Crippen LogP contribution in [0.3, 0.4) is 0 Å². The lowest BCUT2D eigenvalue weighted by atomic mass is 9.12. The van der Waals surface area contributed by atoms with Crippen LogP contribution in [0.25, 0.3) is 0 Å². The summed E-state index contributed by atoms with van der Waals surface area (Å²) in [5.74, 6) is -71.3. The van der Waals surface area contributed by atoms with Gasteiger partial charge in [-0.3, -0.25) is 4.79 Å². The van der Waals surface area contributed by atoms with E-state index in [2.05, 4.69) is 0 Å². The van der Waals surface area contributed by atoms with Crippen LogP contribution in [-0.4, -0.2) is 30.2 Å². The van der Waals surface area contributed by atoms with Crippen molar-refractivity contribution in [1.29, 1.82) is 0 Å². The summed E-state index contributed by atoms with van der Waals surface area (Å²) in [6.45, 7) is 0. The van der Waals surface area contributed by atoms with Gasteiger partial charge in [0.15, 0.2) is 75.6 Å². The van der Waals surface area contributed by atoms with E-state index >= 15 is 35.1 Å². The third-order valence-electron chi connectivity index (χ3n) is 8.28. The molecule has 5 aromatic rings. The largest absolute Gasteiger partial charge is 0.289 e. The van der Waals surface area contributed by atoms with E-state index < -0.39 is 154 Å². The molecule has 0 atom stereocenters. The van der Waals surface area contributed by atoms with Gasteiger partial charge in [0, 0.05) is 5.56 Å². The fraction of sp³-hybridized carbons (Fsp3) is 0.0882. The van der Waals surface area contributed by atoms with Crippen molar-refractivity contribution >= 4 is 43.7 Å². The van der Waals surface area contributed by atoms with E-state index in [9.17, 15) is 61.7 Å². The van der Waals surface area contributed by atoms with Gasteiger partial charge in [-0.2, -0.15) is 0 Å². The molecular weight excluding hydrogens is 863 g/mol. The van der Waals surface area contributed by atoms with Crippen molar-refractivity contribution in [1.82, 2.24) is 0 Å². The van der Waals surface area contributed by atoms with Crippen LogP contribution in [0, 0.1) is 116 Å². The number of benzene rings is 5. The van der Waals surface area contributed by atoms with Gasteiger partial charge in [0.05, 0.1) is 9.93 Å². The number of Topliss-reactive ketones (excluding diaryl/α,β-unsaturated/α-hetero) is 1. The highest BCUT2D eigenvalue weighted by molar-refractivity contribution is 8.02. The van der Waals surface area contributed by atoms with Crippen LogP contribution in [0.4, 0.5) is 87.8 Å². The molecule has 0 N–H and O–H groups in total. The lowest BCUT2D eigenvalue weighted by molar-refractivity contribution is 0.102. The van der Waals surface area contributed by atoms with Crippen molar-refractivity contribution in [3.05, 3.63) is 152 Å². The zero-order valence-electron chi connectivity index (χ0n) is 28.0. The number of hydrogen-bond donors (Lipinski definition) is 0. The molecule has 0 aromatic heterocycles. The summed E-state index contributed by atoms with van der Waals surface area (Å²) in [7, 11) is -1.97. The molecule has 58 heavy (non-hydrogen) atoms. The molecule has 2 nitrogen and oxygen atoms in total. The van der Waals surface area contributed by atoms with E-state index in [4.69, 9.17) is 0 Å². The first kappa shape index (κ1) is 45.3. The lowest BCUT2D eigenvalue weighted by Gasteiger charge is -2.44. The number of hydrogen-bond acceptors (Lipinski definition) is 2. The Balaban J connectivity index is 0.000000486. The van der Waals surface area contributed by atoms with Crippen LogP contribution in [0.5, 0.6) is 0 Å². The summed E-state index contributed by atoms with van der Waals surface area (Å²) in [6.07, 6.45) is -4.01. The molecule has 0 spiro atoms. The highest BCUT2D eigenvalue weighted by atomic mass is 32.2. The molecule has 0 bridgehead atoms. The Morgan fingerprint density at radius 1 is 0.379 bits per heavy atom. The number of carbonyl (C=O) groups is 1. The standard InChI is InChI=1S/C24BF20.C10H13O2S/c26-5-1(6(27)14(35)21(42)13(5)34)25(2-7(28)15(36)22(43)16(37)8(2)29,3-9(30)17(38)23(44)18(39)10(3)31)4-11(32)19(40)24(45)20(41)12(4)33;1-13(2,12)8-10(11)9-6-4-3-5-7-9/h;3-7H,8H2,1-2H3/q-1;+1. The summed E-state index contributed by atoms with van der Waals surface area (Å²) in [6, 6.07) is 8.95. The highest BCUT2D eigenvalue weighted by Gasteiger charge is 2.52.